The van der Waals surface area contributed by atoms with Crippen LogP contribution < -0.4 is 5.76 Å². The van der Waals surface area contributed by atoms with Gasteiger partial charge in [0.25, 0.3) is 0 Å². The molecule has 4 nitrogen and oxygen atoms in total. The fourth-order valence-electron chi connectivity index (χ4n) is 0.767. The monoisotopic (exact) mass is 176 g/mol. The molecule has 0 radical (unpaired) electrons. The van der Waals surface area contributed by atoms with Crippen LogP contribution in [0.25, 0.3) is 0 Å². The van der Waals surface area contributed by atoms with Crippen LogP contribution in [-0.4, -0.2) is 10.1 Å². The van der Waals surface area contributed by atoms with Gasteiger partial charge in [0.2, 0.25) is 0 Å². The summed E-state index contributed by atoms with van der Waals surface area (Å²) < 4.78 is 4.29. The molecule has 62 valence electrons. The third-order valence-electron chi connectivity index (χ3n) is 1.30. The maximum absolute atomic E-state index is 10.5. The molecule has 0 saturated carbocycles. The number of alkyl halides is 1. The number of nitrogens with zero attached hydrogens (tertiary/aromatic N) is 1. The Labute approximate surface area is 68.5 Å². The number of rotatable bonds is 3. The first-order valence-electron chi connectivity index (χ1n) is 3.44. The van der Waals surface area contributed by atoms with Crippen LogP contribution in [0.2, 0.25) is 0 Å². The predicted molar refractivity (Wildman–Crippen MR) is 40.6 cm³/mol. The highest BCUT2D eigenvalue weighted by Gasteiger charge is 2.11. The minimum absolute atomic E-state index is 0.244. The summed E-state index contributed by atoms with van der Waals surface area (Å²) in [5.74, 6) is -0.139. The molecule has 0 bridgehead atoms. The molecule has 1 rings (SSSR count). The normalized spacial score (nSPS) is 13.3. The molecular weight excluding hydrogens is 168 g/mol. The van der Waals surface area contributed by atoms with Crippen molar-refractivity contribution in [2.24, 2.45) is 0 Å². The summed E-state index contributed by atoms with van der Waals surface area (Å²) in [6.45, 7) is 2.01. The van der Waals surface area contributed by atoms with Crippen molar-refractivity contribution in [1.29, 1.82) is 0 Å². The highest BCUT2D eigenvalue weighted by atomic mass is 35.5. The van der Waals surface area contributed by atoms with E-state index in [1.807, 2.05) is 6.92 Å². The molecule has 0 aliphatic carbocycles. The van der Waals surface area contributed by atoms with Gasteiger partial charge >= 0.3 is 5.76 Å². The maximum Gasteiger partial charge on any atom is 0.438 e. The van der Waals surface area contributed by atoms with Crippen LogP contribution in [0.3, 0.4) is 0 Å². The smallest absolute Gasteiger partial charge is 0.296 e. The van der Waals surface area contributed by atoms with Crippen molar-refractivity contribution in [2.75, 3.05) is 0 Å². The predicted octanol–water partition coefficient (Wildman–Crippen LogP) is 1.44. The molecule has 0 spiro atoms. The van der Waals surface area contributed by atoms with Crippen molar-refractivity contribution >= 4 is 11.6 Å². The SMILES string of the molecule is CCCC(Cl)c1noc(=O)[nH]1. The summed E-state index contributed by atoms with van der Waals surface area (Å²) in [4.78, 5) is 12.9. The summed E-state index contributed by atoms with van der Waals surface area (Å²) in [5, 5.41) is 3.22. The standard InChI is InChI=1S/C6H9ClN2O2/c1-2-3-4(7)5-8-6(10)11-9-5/h4H,2-3H2,1H3,(H,8,9,10). The van der Waals surface area contributed by atoms with Crippen LogP contribution in [0.15, 0.2) is 9.32 Å². The average Bonchev–Trinajstić information content (AvgIpc) is 2.36. The largest absolute Gasteiger partial charge is 0.438 e. The van der Waals surface area contributed by atoms with Crippen LogP contribution >= 0.6 is 11.6 Å². The van der Waals surface area contributed by atoms with E-state index in [-0.39, 0.29) is 5.38 Å². The minimum Gasteiger partial charge on any atom is -0.296 e. The van der Waals surface area contributed by atoms with Crippen LogP contribution in [0.1, 0.15) is 31.0 Å². The molecule has 0 fully saturated rings. The van der Waals surface area contributed by atoms with E-state index in [9.17, 15) is 4.79 Å². The third kappa shape index (κ3) is 2.08. The lowest BCUT2D eigenvalue weighted by Gasteiger charge is -1.99. The lowest BCUT2D eigenvalue weighted by Crippen LogP contribution is -1.98. The van der Waals surface area contributed by atoms with Crippen LogP contribution in [0.4, 0.5) is 0 Å². The number of hydrogen-bond donors (Lipinski definition) is 1. The van der Waals surface area contributed by atoms with E-state index in [0.29, 0.717) is 5.82 Å². The average molecular weight is 177 g/mol. The summed E-state index contributed by atoms with van der Waals surface area (Å²) >= 11 is 5.83. The molecule has 1 atom stereocenters. The Kier molecular flexibility index (Phi) is 2.70. The van der Waals surface area contributed by atoms with Gasteiger partial charge in [0.15, 0.2) is 5.82 Å². The molecule has 1 aromatic rings. The second kappa shape index (κ2) is 3.57. The van der Waals surface area contributed by atoms with Gasteiger partial charge in [-0.25, -0.2) is 4.79 Å². The first-order valence-corrected chi connectivity index (χ1v) is 3.87. The number of halogens is 1. The number of aromatic amines is 1. The minimum atomic E-state index is -0.554. The molecule has 0 aliphatic heterocycles. The van der Waals surface area contributed by atoms with Crippen molar-refractivity contribution in [3.05, 3.63) is 16.4 Å². The van der Waals surface area contributed by atoms with Gasteiger partial charge in [-0.2, -0.15) is 0 Å². The Balaban J connectivity index is 2.68. The van der Waals surface area contributed by atoms with E-state index in [0.717, 1.165) is 12.8 Å². The van der Waals surface area contributed by atoms with Gasteiger partial charge in [0, 0.05) is 0 Å². The zero-order valence-corrected chi connectivity index (χ0v) is 6.89. The maximum atomic E-state index is 10.5. The second-order valence-corrected chi connectivity index (χ2v) is 2.76. The van der Waals surface area contributed by atoms with Crippen molar-refractivity contribution in [1.82, 2.24) is 10.1 Å². The van der Waals surface area contributed by atoms with Crippen LogP contribution in [0.5, 0.6) is 0 Å². The van der Waals surface area contributed by atoms with Gasteiger partial charge in [0.05, 0.1) is 5.38 Å². The number of aromatic nitrogens is 2. The molecule has 0 aromatic carbocycles. The lowest BCUT2D eigenvalue weighted by molar-refractivity contribution is 0.380. The lowest BCUT2D eigenvalue weighted by atomic mass is 10.2. The van der Waals surface area contributed by atoms with E-state index >= 15 is 0 Å². The molecule has 1 unspecified atom stereocenters. The Morgan fingerprint density at radius 1 is 1.82 bits per heavy atom. The Bertz CT molecular complexity index is 268. The Hall–Kier alpha value is -0.770. The molecule has 0 aliphatic rings. The van der Waals surface area contributed by atoms with Gasteiger partial charge in [-0.1, -0.05) is 18.5 Å². The topological polar surface area (TPSA) is 58.9 Å². The first-order chi connectivity index (χ1) is 5.24. The fraction of sp³-hybridized carbons (Fsp3) is 0.667. The Morgan fingerprint density at radius 2 is 2.55 bits per heavy atom. The zero-order chi connectivity index (χ0) is 8.27. The van der Waals surface area contributed by atoms with E-state index in [2.05, 4.69) is 14.7 Å². The number of hydrogen-bond acceptors (Lipinski definition) is 3. The zero-order valence-electron chi connectivity index (χ0n) is 6.13. The van der Waals surface area contributed by atoms with Crippen molar-refractivity contribution in [3.8, 4) is 0 Å². The highest BCUT2D eigenvalue weighted by Crippen LogP contribution is 2.20. The van der Waals surface area contributed by atoms with E-state index in [1.54, 1.807) is 0 Å². The van der Waals surface area contributed by atoms with E-state index in [4.69, 9.17) is 11.6 Å². The summed E-state index contributed by atoms with van der Waals surface area (Å²) in [6.07, 6.45) is 1.73. The molecule has 5 heteroatoms. The fourth-order valence-corrected chi connectivity index (χ4v) is 1.08. The number of nitrogens with one attached hydrogen (secondary N) is 1. The van der Waals surface area contributed by atoms with Crippen molar-refractivity contribution in [3.63, 3.8) is 0 Å². The van der Waals surface area contributed by atoms with Gasteiger partial charge in [-0.05, 0) is 6.42 Å². The Morgan fingerprint density at radius 3 is 3.00 bits per heavy atom. The summed E-state index contributed by atoms with van der Waals surface area (Å²) in [7, 11) is 0. The molecular formula is C6H9ClN2O2. The first kappa shape index (κ1) is 8.33. The van der Waals surface area contributed by atoms with Crippen LogP contribution in [0, 0.1) is 0 Å². The molecule has 0 amide bonds. The van der Waals surface area contributed by atoms with Gasteiger partial charge in [-0.3, -0.25) is 9.51 Å². The van der Waals surface area contributed by atoms with Crippen molar-refractivity contribution in [2.45, 2.75) is 25.1 Å². The molecule has 1 N–H and O–H groups in total. The molecule has 0 saturated heterocycles. The van der Waals surface area contributed by atoms with Gasteiger partial charge < -0.3 is 0 Å². The van der Waals surface area contributed by atoms with Gasteiger partial charge in [-0.15, -0.1) is 11.6 Å². The van der Waals surface area contributed by atoms with E-state index in [1.165, 1.54) is 0 Å². The van der Waals surface area contributed by atoms with Crippen molar-refractivity contribution < 1.29 is 4.52 Å². The molecule has 11 heavy (non-hydrogen) atoms. The summed E-state index contributed by atoms with van der Waals surface area (Å²) in [5.41, 5.74) is 0. The highest BCUT2D eigenvalue weighted by molar-refractivity contribution is 6.20. The quantitative estimate of drug-likeness (QED) is 0.709. The van der Waals surface area contributed by atoms with Crippen LogP contribution in [-0.2, 0) is 0 Å². The second-order valence-electron chi connectivity index (χ2n) is 2.24. The summed E-state index contributed by atoms with van der Waals surface area (Å²) in [6, 6.07) is 0. The third-order valence-corrected chi connectivity index (χ3v) is 1.72. The number of H-pyrrole nitrogens is 1. The van der Waals surface area contributed by atoms with E-state index < -0.39 is 5.76 Å². The molecule has 1 heterocycles. The molecule has 1 aromatic heterocycles. The van der Waals surface area contributed by atoms with Gasteiger partial charge in [0.1, 0.15) is 0 Å².